The van der Waals surface area contributed by atoms with Crippen LogP contribution < -0.4 is 14.4 Å². The third-order valence-electron chi connectivity index (χ3n) is 5.29. The molecule has 1 atom stereocenters. The van der Waals surface area contributed by atoms with Gasteiger partial charge in [-0.25, -0.2) is 8.42 Å². The van der Waals surface area contributed by atoms with E-state index in [2.05, 4.69) is 5.32 Å². The SMILES string of the molecule is COc1cccc(N(CCCC(=O)N(Cc2ccccc2)C(C)C(=O)NC(C)C)S(C)(=O)=O)c1. The van der Waals surface area contributed by atoms with Crippen molar-refractivity contribution in [3.63, 3.8) is 0 Å². The summed E-state index contributed by atoms with van der Waals surface area (Å²) in [6.45, 7) is 5.86. The summed E-state index contributed by atoms with van der Waals surface area (Å²) in [5.41, 5.74) is 1.38. The Balaban J connectivity index is 2.15. The van der Waals surface area contributed by atoms with E-state index in [9.17, 15) is 18.0 Å². The first-order valence-electron chi connectivity index (χ1n) is 11.3. The zero-order valence-corrected chi connectivity index (χ0v) is 21.3. The molecule has 0 spiro atoms. The van der Waals surface area contributed by atoms with Gasteiger partial charge in [-0.2, -0.15) is 0 Å². The molecule has 2 aromatic carbocycles. The lowest BCUT2D eigenvalue weighted by Gasteiger charge is -2.30. The van der Waals surface area contributed by atoms with Crippen LogP contribution in [0.4, 0.5) is 5.69 Å². The van der Waals surface area contributed by atoms with Crippen molar-refractivity contribution in [3.8, 4) is 5.75 Å². The lowest BCUT2D eigenvalue weighted by Crippen LogP contribution is -2.49. The second-order valence-corrected chi connectivity index (χ2v) is 10.4. The summed E-state index contributed by atoms with van der Waals surface area (Å²) < 4.78 is 31.3. The fourth-order valence-electron chi connectivity index (χ4n) is 3.54. The summed E-state index contributed by atoms with van der Waals surface area (Å²) >= 11 is 0. The van der Waals surface area contributed by atoms with E-state index >= 15 is 0 Å². The minimum absolute atomic E-state index is 0.0465. The number of hydrogen-bond acceptors (Lipinski definition) is 5. The number of sulfonamides is 1. The Hall–Kier alpha value is -3.07. The minimum atomic E-state index is -3.56. The van der Waals surface area contributed by atoms with Gasteiger partial charge in [-0.1, -0.05) is 36.4 Å². The maximum atomic E-state index is 13.2. The fourth-order valence-corrected chi connectivity index (χ4v) is 4.49. The molecule has 0 radical (unpaired) electrons. The van der Waals surface area contributed by atoms with E-state index in [-0.39, 0.29) is 37.4 Å². The van der Waals surface area contributed by atoms with Gasteiger partial charge in [0.1, 0.15) is 11.8 Å². The maximum absolute atomic E-state index is 13.2. The van der Waals surface area contributed by atoms with E-state index in [0.29, 0.717) is 17.9 Å². The molecule has 0 aromatic heterocycles. The Morgan fingerprint density at radius 1 is 1.03 bits per heavy atom. The first-order chi connectivity index (χ1) is 16.0. The average molecular weight is 490 g/mol. The Kier molecular flexibility index (Phi) is 9.92. The summed E-state index contributed by atoms with van der Waals surface area (Å²) in [5.74, 6) is 0.101. The summed E-state index contributed by atoms with van der Waals surface area (Å²) in [4.78, 5) is 27.4. The highest BCUT2D eigenvalue weighted by atomic mass is 32.2. The van der Waals surface area contributed by atoms with Crippen molar-refractivity contribution in [2.24, 2.45) is 0 Å². The molecule has 2 amide bonds. The topological polar surface area (TPSA) is 96.0 Å². The second kappa shape index (κ2) is 12.4. The van der Waals surface area contributed by atoms with E-state index in [1.807, 2.05) is 44.2 Å². The lowest BCUT2D eigenvalue weighted by molar-refractivity contribution is -0.140. The molecule has 0 aliphatic carbocycles. The van der Waals surface area contributed by atoms with Gasteiger partial charge in [0.15, 0.2) is 0 Å². The Morgan fingerprint density at radius 2 is 1.71 bits per heavy atom. The number of amides is 2. The van der Waals surface area contributed by atoms with Gasteiger partial charge < -0.3 is 15.0 Å². The number of hydrogen-bond donors (Lipinski definition) is 1. The highest BCUT2D eigenvalue weighted by molar-refractivity contribution is 7.92. The second-order valence-electron chi connectivity index (χ2n) is 8.49. The molecule has 0 saturated carbocycles. The monoisotopic (exact) mass is 489 g/mol. The van der Waals surface area contributed by atoms with E-state index in [0.717, 1.165) is 11.8 Å². The molecule has 1 N–H and O–H groups in total. The molecule has 0 heterocycles. The third kappa shape index (κ3) is 8.06. The van der Waals surface area contributed by atoms with Gasteiger partial charge in [0.05, 0.1) is 19.1 Å². The highest BCUT2D eigenvalue weighted by Crippen LogP contribution is 2.23. The number of nitrogens with zero attached hydrogens (tertiary/aromatic N) is 2. The fraction of sp³-hybridized carbons (Fsp3) is 0.440. The molecular formula is C25H35N3O5S. The average Bonchev–Trinajstić information content (AvgIpc) is 2.79. The van der Waals surface area contributed by atoms with Crippen LogP contribution in [0.15, 0.2) is 54.6 Å². The number of benzene rings is 2. The number of nitrogens with one attached hydrogen (secondary N) is 1. The van der Waals surface area contributed by atoms with Crippen LogP contribution in [0.5, 0.6) is 5.75 Å². The number of anilines is 1. The highest BCUT2D eigenvalue weighted by Gasteiger charge is 2.27. The van der Waals surface area contributed by atoms with Crippen LogP contribution in [0, 0.1) is 0 Å². The summed E-state index contributed by atoms with van der Waals surface area (Å²) in [5, 5.41) is 2.86. The van der Waals surface area contributed by atoms with Crippen molar-refractivity contribution >= 4 is 27.5 Å². The van der Waals surface area contributed by atoms with Crippen LogP contribution in [0.1, 0.15) is 39.2 Å². The molecule has 0 saturated heterocycles. The predicted octanol–water partition coefficient (Wildman–Crippen LogP) is 3.18. The van der Waals surface area contributed by atoms with E-state index in [4.69, 9.17) is 4.74 Å². The number of rotatable bonds is 12. The Morgan fingerprint density at radius 3 is 2.29 bits per heavy atom. The quantitative estimate of drug-likeness (QED) is 0.494. The van der Waals surface area contributed by atoms with Gasteiger partial charge >= 0.3 is 0 Å². The van der Waals surface area contributed by atoms with Crippen LogP contribution >= 0.6 is 0 Å². The summed E-state index contributed by atoms with van der Waals surface area (Å²) in [6, 6.07) is 15.5. The normalized spacial score (nSPS) is 12.2. The third-order valence-corrected chi connectivity index (χ3v) is 6.48. The van der Waals surface area contributed by atoms with Crippen LogP contribution in [-0.2, 0) is 26.2 Å². The first-order valence-corrected chi connectivity index (χ1v) is 13.1. The molecule has 2 rings (SSSR count). The van der Waals surface area contributed by atoms with Crippen LogP contribution in [0.2, 0.25) is 0 Å². The van der Waals surface area contributed by atoms with Gasteiger partial charge in [0, 0.05) is 31.6 Å². The van der Waals surface area contributed by atoms with Crippen LogP contribution in [-0.4, -0.2) is 57.1 Å². The predicted molar refractivity (Wildman–Crippen MR) is 134 cm³/mol. The van der Waals surface area contributed by atoms with Gasteiger partial charge in [0.25, 0.3) is 0 Å². The molecular weight excluding hydrogens is 454 g/mol. The van der Waals surface area contributed by atoms with E-state index in [1.54, 1.807) is 36.1 Å². The molecule has 8 nitrogen and oxygen atoms in total. The molecule has 0 bridgehead atoms. The van der Waals surface area contributed by atoms with Crippen LogP contribution in [0.3, 0.4) is 0 Å². The Labute approximate surface area is 202 Å². The molecule has 2 aromatic rings. The van der Waals surface area contributed by atoms with Gasteiger partial charge in [-0.05, 0) is 44.9 Å². The Bertz CT molecular complexity index is 1060. The molecule has 0 aliphatic rings. The van der Waals surface area contributed by atoms with Crippen molar-refractivity contribution in [2.45, 2.75) is 52.2 Å². The molecule has 186 valence electrons. The lowest BCUT2D eigenvalue weighted by atomic mass is 10.1. The molecule has 34 heavy (non-hydrogen) atoms. The summed E-state index contributed by atoms with van der Waals surface area (Å²) in [6.07, 6.45) is 1.53. The molecule has 1 unspecified atom stereocenters. The van der Waals surface area contributed by atoms with Gasteiger partial charge in [-0.15, -0.1) is 0 Å². The number of methoxy groups -OCH3 is 1. The van der Waals surface area contributed by atoms with E-state index < -0.39 is 16.1 Å². The van der Waals surface area contributed by atoms with E-state index in [1.165, 1.54) is 11.4 Å². The van der Waals surface area contributed by atoms with Gasteiger partial charge in [-0.3, -0.25) is 13.9 Å². The van der Waals surface area contributed by atoms with Crippen molar-refractivity contribution < 1.29 is 22.7 Å². The van der Waals surface area contributed by atoms with Gasteiger partial charge in [0.2, 0.25) is 21.8 Å². The standard InChI is InChI=1S/C25H35N3O5S/c1-19(2)26-25(30)20(3)27(18-21-11-7-6-8-12-21)24(29)15-10-16-28(34(5,31)32)22-13-9-14-23(17-22)33-4/h6-9,11-14,17,19-20H,10,15-16,18H2,1-5H3,(H,26,30). The largest absolute Gasteiger partial charge is 0.497 e. The number of carbonyl (C=O) groups is 2. The maximum Gasteiger partial charge on any atom is 0.242 e. The minimum Gasteiger partial charge on any atom is -0.497 e. The first kappa shape index (κ1) is 27.2. The number of carbonyl (C=O) groups excluding carboxylic acids is 2. The zero-order chi connectivity index (χ0) is 25.3. The molecule has 9 heteroatoms. The zero-order valence-electron chi connectivity index (χ0n) is 20.5. The van der Waals surface area contributed by atoms with Crippen molar-refractivity contribution in [3.05, 3.63) is 60.2 Å². The summed E-state index contributed by atoms with van der Waals surface area (Å²) in [7, 11) is -2.05. The molecule has 0 fully saturated rings. The van der Waals surface area contributed by atoms with Crippen molar-refractivity contribution in [1.29, 1.82) is 0 Å². The van der Waals surface area contributed by atoms with Crippen molar-refractivity contribution in [2.75, 3.05) is 24.2 Å². The molecule has 0 aliphatic heterocycles. The smallest absolute Gasteiger partial charge is 0.242 e. The number of ether oxygens (including phenoxy) is 1. The van der Waals surface area contributed by atoms with Crippen LogP contribution in [0.25, 0.3) is 0 Å². The van der Waals surface area contributed by atoms with Crippen molar-refractivity contribution in [1.82, 2.24) is 10.2 Å².